The van der Waals surface area contributed by atoms with E-state index in [1.54, 1.807) is 0 Å². The zero-order valence-electron chi connectivity index (χ0n) is 11.7. The van der Waals surface area contributed by atoms with Crippen molar-refractivity contribution in [3.05, 3.63) is 71.3 Å². The topological polar surface area (TPSA) is 64.7 Å². The molecule has 2 aromatic rings. The lowest BCUT2D eigenvalue weighted by Gasteiger charge is -2.16. The van der Waals surface area contributed by atoms with E-state index in [2.05, 4.69) is 4.99 Å². The third-order valence-corrected chi connectivity index (χ3v) is 3.53. The standard InChI is InChI=1S/C17H16N2O2/c1-11-7-9-12(10-8-11)15(20)14-16(21-17(18)19-14)13-5-3-2-4-6-13/h2-10,14,16H,1H3,(H2,18,19)/t14-,16+/m0/s1. The first-order chi connectivity index (χ1) is 10.1. The summed E-state index contributed by atoms with van der Waals surface area (Å²) in [6, 6.07) is 16.4. The summed E-state index contributed by atoms with van der Waals surface area (Å²) in [7, 11) is 0. The van der Waals surface area contributed by atoms with Gasteiger partial charge in [-0.1, -0.05) is 60.2 Å². The number of ketones is 1. The molecule has 0 aromatic heterocycles. The second kappa shape index (κ2) is 5.40. The van der Waals surface area contributed by atoms with E-state index in [0.29, 0.717) is 5.56 Å². The Hall–Kier alpha value is -2.62. The zero-order valence-corrected chi connectivity index (χ0v) is 11.7. The molecule has 2 N–H and O–H groups in total. The Labute approximate surface area is 123 Å². The van der Waals surface area contributed by atoms with E-state index in [1.165, 1.54) is 0 Å². The van der Waals surface area contributed by atoms with E-state index in [-0.39, 0.29) is 11.8 Å². The SMILES string of the molecule is Cc1ccc(C(=O)[C@@H]2N=C(N)O[C@@H]2c2ccccc2)cc1. The van der Waals surface area contributed by atoms with Crippen molar-refractivity contribution in [1.82, 2.24) is 0 Å². The molecule has 1 aliphatic rings. The first-order valence-electron chi connectivity index (χ1n) is 6.81. The van der Waals surface area contributed by atoms with Crippen LogP contribution in [0.2, 0.25) is 0 Å². The lowest BCUT2D eigenvalue weighted by Crippen LogP contribution is -2.24. The van der Waals surface area contributed by atoms with Crippen molar-refractivity contribution in [2.24, 2.45) is 10.7 Å². The molecule has 0 saturated heterocycles. The lowest BCUT2D eigenvalue weighted by molar-refractivity contribution is 0.0889. The molecule has 3 rings (SSSR count). The Morgan fingerprint density at radius 3 is 2.43 bits per heavy atom. The van der Waals surface area contributed by atoms with Gasteiger partial charge in [-0.3, -0.25) is 4.79 Å². The second-order valence-corrected chi connectivity index (χ2v) is 5.09. The van der Waals surface area contributed by atoms with Crippen molar-refractivity contribution in [3.8, 4) is 0 Å². The summed E-state index contributed by atoms with van der Waals surface area (Å²) in [6.07, 6.45) is -0.458. The molecule has 21 heavy (non-hydrogen) atoms. The zero-order chi connectivity index (χ0) is 14.8. The third-order valence-electron chi connectivity index (χ3n) is 3.53. The van der Waals surface area contributed by atoms with Gasteiger partial charge < -0.3 is 10.5 Å². The summed E-state index contributed by atoms with van der Waals surface area (Å²) in [4.78, 5) is 16.8. The number of amidine groups is 1. The fourth-order valence-corrected chi connectivity index (χ4v) is 2.41. The molecule has 2 aromatic carbocycles. The van der Waals surface area contributed by atoms with Crippen molar-refractivity contribution in [2.45, 2.75) is 19.1 Å². The van der Waals surface area contributed by atoms with Crippen LogP contribution < -0.4 is 5.73 Å². The fourth-order valence-electron chi connectivity index (χ4n) is 2.41. The molecule has 0 unspecified atom stereocenters. The van der Waals surface area contributed by atoms with E-state index < -0.39 is 12.1 Å². The first-order valence-corrected chi connectivity index (χ1v) is 6.81. The van der Waals surface area contributed by atoms with Crippen LogP contribution >= 0.6 is 0 Å². The normalized spacial score (nSPS) is 20.7. The number of nitrogens with two attached hydrogens (primary N) is 1. The molecule has 4 nitrogen and oxygen atoms in total. The number of hydrogen-bond donors (Lipinski definition) is 1. The van der Waals surface area contributed by atoms with E-state index in [4.69, 9.17) is 10.5 Å². The largest absolute Gasteiger partial charge is 0.454 e. The third kappa shape index (κ3) is 2.65. The van der Waals surface area contributed by atoms with E-state index >= 15 is 0 Å². The molecule has 1 aliphatic heterocycles. The number of Topliss-reactive ketones (excluding diaryl/α,β-unsaturated/α-hetero) is 1. The van der Waals surface area contributed by atoms with Gasteiger partial charge in [-0.05, 0) is 12.5 Å². The number of aryl methyl sites for hydroxylation is 1. The van der Waals surface area contributed by atoms with Crippen molar-refractivity contribution < 1.29 is 9.53 Å². The molecule has 0 radical (unpaired) electrons. The van der Waals surface area contributed by atoms with Gasteiger partial charge in [-0.2, -0.15) is 0 Å². The quantitative estimate of drug-likeness (QED) is 0.879. The highest BCUT2D eigenvalue weighted by Gasteiger charge is 2.37. The summed E-state index contributed by atoms with van der Waals surface area (Å²) in [6.45, 7) is 1.98. The molecule has 0 saturated carbocycles. The minimum atomic E-state index is -0.630. The predicted molar refractivity (Wildman–Crippen MR) is 81.2 cm³/mol. The predicted octanol–water partition coefficient (Wildman–Crippen LogP) is 2.63. The highest BCUT2D eigenvalue weighted by atomic mass is 16.5. The second-order valence-electron chi connectivity index (χ2n) is 5.09. The molecule has 0 aliphatic carbocycles. The van der Waals surface area contributed by atoms with Gasteiger partial charge in [0.05, 0.1) is 0 Å². The maximum Gasteiger partial charge on any atom is 0.283 e. The van der Waals surface area contributed by atoms with Crippen molar-refractivity contribution in [1.29, 1.82) is 0 Å². The Morgan fingerprint density at radius 1 is 1.10 bits per heavy atom. The number of carbonyl (C=O) groups is 1. The number of carbonyl (C=O) groups excluding carboxylic acids is 1. The maximum absolute atomic E-state index is 12.6. The molecular weight excluding hydrogens is 264 g/mol. The van der Waals surface area contributed by atoms with Gasteiger partial charge in [-0.25, -0.2) is 4.99 Å². The average molecular weight is 280 g/mol. The number of ether oxygens (including phenoxy) is 1. The lowest BCUT2D eigenvalue weighted by atomic mass is 9.95. The van der Waals surface area contributed by atoms with Crippen LogP contribution in [0.1, 0.15) is 27.6 Å². The Balaban J connectivity index is 1.91. The summed E-state index contributed by atoms with van der Waals surface area (Å²) in [5.74, 6) is -0.0793. The van der Waals surface area contributed by atoms with Crippen LogP contribution in [0.5, 0.6) is 0 Å². The molecule has 4 heteroatoms. The summed E-state index contributed by atoms with van der Waals surface area (Å²) in [5, 5.41) is 0. The number of benzene rings is 2. The van der Waals surface area contributed by atoms with Crippen molar-refractivity contribution in [2.75, 3.05) is 0 Å². The van der Waals surface area contributed by atoms with Crippen LogP contribution in [0, 0.1) is 6.92 Å². The fraction of sp³-hybridized carbons (Fsp3) is 0.176. The summed E-state index contributed by atoms with van der Waals surface area (Å²) in [5.41, 5.74) is 8.29. The van der Waals surface area contributed by atoms with Gasteiger partial charge >= 0.3 is 0 Å². The van der Waals surface area contributed by atoms with Crippen molar-refractivity contribution >= 4 is 11.8 Å². The molecular formula is C17H16N2O2. The smallest absolute Gasteiger partial charge is 0.283 e. The maximum atomic E-state index is 12.6. The van der Waals surface area contributed by atoms with Crippen LogP contribution in [0.3, 0.4) is 0 Å². The Morgan fingerprint density at radius 2 is 1.76 bits per heavy atom. The van der Waals surface area contributed by atoms with E-state index in [9.17, 15) is 4.79 Å². The number of rotatable bonds is 3. The number of aliphatic imine (C=N–C) groups is 1. The molecule has 0 bridgehead atoms. The molecule has 2 atom stereocenters. The minimum Gasteiger partial charge on any atom is -0.454 e. The minimum absolute atomic E-state index is 0.0642. The highest BCUT2D eigenvalue weighted by molar-refractivity contribution is 6.02. The Kier molecular flexibility index (Phi) is 3.44. The molecule has 0 fully saturated rings. The van der Waals surface area contributed by atoms with Crippen LogP contribution in [0.25, 0.3) is 0 Å². The molecule has 106 valence electrons. The summed E-state index contributed by atoms with van der Waals surface area (Å²) >= 11 is 0. The molecule has 0 spiro atoms. The van der Waals surface area contributed by atoms with Gasteiger partial charge in [0.25, 0.3) is 6.02 Å². The van der Waals surface area contributed by atoms with Crippen LogP contribution in [-0.2, 0) is 4.74 Å². The Bertz CT molecular complexity index is 678. The number of nitrogens with zero attached hydrogens (tertiary/aromatic N) is 1. The monoisotopic (exact) mass is 280 g/mol. The van der Waals surface area contributed by atoms with Crippen LogP contribution in [0.4, 0.5) is 0 Å². The van der Waals surface area contributed by atoms with E-state index in [1.807, 2.05) is 61.5 Å². The molecule has 0 amide bonds. The van der Waals surface area contributed by atoms with Gasteiger partial charge in [0.15, 0.2) is 17.9 Å². The van der Waals surface area contributed by atoms with E-state index in [0.717, 1.165) is 11.1 Å². The van der Waals surface area contributed by atoms with Gasteiger partial charge in [-0.15, -0.1) is 0 Å². The molecule has 1 heterocycles. The average Bonchev–Trinajstić information content (AvgIpc) is 2.90. The first kappa shape index (κ1) is 13.4. The van der Waals surface area contributed by atoms with Crippen molar-refractivity contribution in [3.63, 3.8) is 0 Å². The van der Waals surface area contributed by atoms with Gasteiger partial charge in [0.2, 0.25) is 0 Å². The summed E-state index contributed by atoms with van der Waals surface area (Å²) < 4.78 is 5.53. The number of hydrogen-bond acceptors (Lipinski definition) is 4. The van der Waals surface area contributed by atoms with Gasteiger partial charge in [0, 0.05) is 5.56 Å². The highest BCUT2D eigenvalue weighted by Crippen LogP contribution is 2.30. The van der Waals surface area contributed by atoms with Gasteiger partial charge in [0.1, 0.15) is 0 Å². The van der Waals surface area contributed by atoms with Crippen LogP contribution in [-0.4, -0.2) is 17.8 Å². The van der Waals surface area contributed by atoms with Crippen LogP contribution in [0.15, 0.2) is 59.6 Å².